The Balaban J connectivity index is 2.90. The zero-order chi connectivity index (χ0) is 12.3. The van der Waals surface area contributed by atoms with Gasteiger partial charge in [-0.2, -0.15) is 0 Å². The van der Waals surface area contributed by atoms with Crippen molar-refractivity contribution in [2.24, 2.45) is 4.74 Å². The zero-order valence-corrected chi connectivity index (χ0v) is 11.9. The lowest BCUT2D eigenvalue weighted by atomic mass is 10.1. The maximum Gasteiger partial charge on any atom is 0.178 e. The Morgan fingerprint density at radius 3 is 2.00 bits per heavy atom. The summed E-state index contributed by atoms with van der Waals surface area (Å²) in [5, 5.41) is 0. The molecule has 0 bridgehead atoms. The fourth-order valence-electron chi connectivity index (χ4n) is 1.51. The maximum atomic E-state index is 5.58. The highest BCUT2D eigenvalue weighted by Crippen LogP contribution is 2.29. The molecule has 0 spiro atoms. The van der Waals surface area contributed by atoms with Gasteiger partial charge in [-0.25, -0.2) is 4.74 Å². The molecule has 0 N–H and O–H groups in total. The Kier molecular flexibility index (Phi) is 4.23. The normalized spacial score (nSPS) is 12.4. The molecule has 16 heavy (non-hydrogen) atoms. The van der Waals surface area contributed by atoms with Gasteiger partial charge >= 0.3 is 0 Å². The van der Waals surface area contributed by atoms with Gasteiger partial charge in [-0.05, 0) is 52.7 Å². The number of benzene rings is 1. The van der Waals surface area contributed by atoms with Crippen molar-refractivity contribution in [1.82, 2.24) is 0 Å². The van der Waals surface area contributed by atoms with E-state index in [0.717, 1.165) is 5.69 Å². The van der Waals surface area contributed by atoms with Gasteiger partial charge in [0.2, 0.25) is 0 Å². The molecule has 0 saturated carbocycles. The van der Waals surface area contributed by atoms with Gasteiger partial charge in [0.15, 0.2) is 8.60 Å². The predicted molar refractivity (Wildman–Crippen MR) is 70.5 cm³/mol. The lowest BCUT2D eigenvalue weighted by Gasteiger charge is -2.14. The summed E-state index contributed by atoms with van der Waals surface area (Å²) in [6.07, 6.45) is 0. The minimum Gasteiger partial charge on any atom is -0.305 e. The van der Waals surface area contributed by atoms with E-state index in [4.69, 9.17) is 4.52 Å². The van der Waals surface area contributed by atoms with Crippen LogP contribution in [-0.2, 0) is 4.52 Å². The van der Waals surface area contributed by atoms with Crippen molar-refractivity contribution < 1.29 is 4.52 Å². The standard InChI is InChI=1S/C13H20NOP/c1-9-7-10(2)12(11(3)8-9)14-16-15-13(4,5)6/h7-8H,1-6H3. The highest BCUT2D eigenvalue weighted by atomic mass is 31.1. The number of hydrogen-bond acceptors (Lipinski definition) is 2. The number of nitrogens with zero attached hydrogens (tertiary/aromatic N) is 1. The first-order valence-electron chi connectivity index (χ1n) is 5.47. The van der Waals surface area contributed by atoms with Gasteiger partial charge in [0.05, 0.1) is 11.3 Å². The molecule has 3 heteroatoms. The summed E-state index contributed by atoms with van der Waals surface area (Å²) in [5.41, 5.74) is 4.61. The Bertz CT molecular complexity index is 382. The predicted octanol–water partition coefficient (Wildman–Crippen LogP) is 5.10. The largest absolute Gasteiger partial charge is 0.305 e. The lowest BCUT2D eigenvalue weighted by Crippen LogP contribution is -2.12. The molecule has 1 aromatic carbocycles. The monoisotopic (exact) mass is 237 g/mol. The first kappa shape index (κ1) is 13.3. The quantitative estimate of drug-likeness (QED) is 0.655. The van der Waals surface area contributed by atoms with Gasteiger partial charge in [-0.15, -0.1) is 0 Å². The van der Waals surface area contributed by atoms with Crippen LogP contribution in [0.2, 0.25) is 0 Å². The molecule has 0 aliphatic rings. The number of rotatable bonds is 2. The van der Waals surface area contributed by atoms with Crippen LogP contribution in [0.25, 0.3) is 0 Å². The van der Waals surface area contributed by atoms with Gasteiger partial charge in [-0.1, -0.05) is 17.7 Å². The Morgan fingerprint density at radius 1 is 1.06 bits per heavy atom. The second-order valence-corrected chi connectivity index (χ2v) is 5.68. The molecule has 0 heterocycles. The van der Waals surface area contributed by atoms with E-state index in [0.29, 0.717) is 8.60 Å². The van der Waals surface area contributed by atoms with E-state index in [-0.39, 0.29) is 5.60 Å². The average molecular weight is 237 g/mol. The van der Waals surface area contributed by atoms with E-state index in [1.165, 1.54) is 16.7 Å². The zero-order valence-electron chi connectivity index (χ0n) is 11.0. The van der Waals surface area contributed by atoms with Crippen molar-refractivity contribution in [3.63, 3.8) is 0 Å². The fourth-order valence-corrected chi connectivity index (χ4v) is 2.20. The van der Waals surface area contributed by atoms with Gasteiger partial charge in [0.25, 0.3) is 0 Å². The van der Waals surface area contributed by atoms with E-state index < -0.39 is 0 Å². The van der Waals surface area contributed by atoms with Crippen LogP contribution in [-0.4, -0.2) is 5.60 Å². The molecule has 0 aliphatic heterocycles. The second-order valence-electron chi connectivity index (χ2n) is 5.13. The topological polar surface area (TPSA) is 21.6 Å². The Morgan fingerprint density at radius 2 is 1.56 bits per heavy atom. The summed E-state index contributed by atoms with van der Waals surface area (Å²) in [6, 6.07) is 4.30. The molecule has 88 valence electrons. The summed E-state index contributed by atoms with van der Waals surface area (Å²) >= 11 is 0. The third kappa shape index (κ3) is 4.03. The molecular weight excluding hydrogens is 217 g/mol. The number of aryl methyl sites for hydroxylation is 3. The molecule has 0 aromatic heterocycles. The lowest BCUT2D eigenvalue weighted by molar-refractivity contribution is 0.160. The molecule has 0 amide bonds. The molecule has 0 saturated heterocycles. The SMILES string of the molecule is Cc1cc(C)c(N=POC(C)(C)C)c(C)c1. The van der Waals surface area contributed by atoms with Crippen LogP contribution in [0.5, 0.6) is 0 Å². The molecule has 0 atom stereocenters. The fraction of sp³-hybridized carbons (Fsp3) is 0.538. The van der Waals surface area contributed by atoms with Crippen LogP contribution in [0.1, 0.15) is 37.5 Å². The van der Waals surface area contributed by atoms with Crippen LogP contribution in [0.4, 0.5) is 5.69 Å². The maximum absolute atomic E-state index is 5.58. The van der Waals surface area contributed by atoms with Gasteiger partial charge in [0, 0.05) is 0 Å². The summed E-state index contributed by atoms with van der Waals surface area (Å²) < 4.78 is 10.1. The van der Waals surface area contributed by atoms with E-state index in [1.54, 1.807) is 0 Å². The first-order valence-corrected chi connectivity index (χ1v) is 6.23. The molecule has 2 nitrogen and oxygen atoms in total. The molecule has 1 aromatic rings. The van der Waals surface area contributed by atoms with Crippen LogP contribution in [0.3, 0.4) is 0 Å². The van der Waals surface area contributed by atoms with Gasteiger partial charge in [-0.3, -0.25) is 0 Å². The van der Waals surface area contributed by atoms with Gasteiger partial charge in [0.1, 0.15) is 0 Å². The summed E-state index contributed by atoms with van der Waals surface area (Å²) in [6.45, 7) is 12.4. The molecule has 0 fully saturated rings. The smallest absolute Gasteiger partial charge is 0.178 e. The van der Waals surface area contributed by atoms with E-state index in [2.05, 4.69) is 37.6 Å². The number of hydrogen-bond donors (Lipinski definition) is 0. The van der Waals surface area contributed by atoms with Crippen molar-refractivity contribution in [1.29, 1.82) is 0 Å². The Hall–Kier alpha value is -0.720. The molecule has 1 rings (SSSR count). The van der Waals surface area contributed by atoms with Crippen molar-refractivity contribution in [3.8, 4) is 0 Å². The molecule has 0 radical (unpaired) electrons. The van der Waals surface area contributed by atoms with Crippen molar-refractivity contribution >= 4 is 14.3 Å². The third-order valence-corrected chi connectivity index (χ3v) is 3.00. The third-order valence-electron chi connectivity index (χ3n) is 2.09. The highest BCUT2D eigenvalue weighted by Gasteiger charge is 2.09. The Labute approximate surface area is 100 Å². The highest BCUT2D eigenvalue weighted by molar-refractivity contribution is 7.20. The van der Waals surface area contributed by atoms with Crippen LogP contribution in [0, 0.1) is 20.8 Å². The van der Waals surface area contributed by atoms with E-state index in [1.807, 2.05) is 20.8 Å². The van der Waals surface area contributed by atoms with Crippen molar-refractivity contribution in [2.75, 3.05) is 0 Å². The van der Waals surface area contributed by atoms with Crippen LogP contribution < -0.4 is 0 Å². The van der Waals surface area contributed by atoms with Crippen molar-refractivity contribution in [3.05, 3.63) is 28.8 Å². The molecule has 0 aliphatic carbocycles. The summed E-state index contributed by atoms with van der Waals surface area (Å²) in [7, 11) is 0.674. The molecule has 0 unspecified atom stereocenters. The van der Waals surface area contributed by atoms with E-state index in [9.17, 15) is 0 Å². The van der Waals surface area contributed by atoms with Crippen LogP contribution >= 0.6 is 8.60 Å². The second kappa shape index (κ2) is 5.07. The summed E-state index contributed by atoms with van der Waals surface area (Å²) in [4.78, 5) is 0. The van der Waals surface area contributed by atoms with Crippen molar-refractivity contribution in [2.45, 2.75) is 47.1 Å². The average Bonchev–Trinajstić information content (AvgIpc) is 2.07. The van der Waals surface area contributed by atoms with Gasteiger partial charge < -0.3 is 4.52 Å². The van der Waals surface area contributed by atoms with Crippen LogP contribution in [0.15, 0.2) is 16.9 Å². The minimum absolute atomic E-state index is 0.141. The first-order chi connectivity index (χ1) is 7.29. The molecular formula is C13H20NOP. The minimum atomic E-state index is -0.141. The van der Waals surface area contributed by atoms with E-state index >= 15 is 0 Å². The summed E-state index contributed by atoms with van der Waals surface area (Å²) in [5.74, 6) is 0.